The highest BCUT2D eigenvalue weighted by atomic mass is 79.9. The molecule has 2 atom stereocenters. The van der Waals surface area contributed by atoms with E-state index in [2.05, 4.69) is 37.8 Å². The zero-order chi connectivity index (χ0) is 12.1. The van der Waals surface area contributed by atoms with E-state index in [1.54, 1.807) is 0 Å². The second-order valence-electron chi connectivity index (χ2n) is 3.80. The average molecular weight is 306 g/mol. The van der Waals surface area contributed by atoms with Crippen LogP contribution in [0.2, 0.25) is 0 Å². The van der Waals surface area contributed by atoms with Crippen molar-refractivity contribution in [2.45, 2.75) is 33.2 Å². The van der Waals surface area contributed by atoms with Crippen molar-refractivity contribution < 1.29 is 4.79 Å². The Kier molecular flexibility index (Phi) is 5.34. The molecule has 16 heavy (non-hydrogen) atoms. The Morgan fingerprint density at radius 1 is 1.56 bits per heavy atom. The number of nitrogens with zero attached hydrogens (tertiary/aromatic N) is 2. The third kappa shape index (κ3) is 3.25. The van der Waals surface area contributed by atoms with Gasteiger partial charge < -0.3 is 5.32 Å². The summed E-state index contributed by atoms with van der Waals surface area (Å²) in [7, 11) is 0. The van der Waals surface area contributed by atoms with E-state index in [0.29, 0.717) is 10.8 Å². The van der Waals surface area contributed by atoms with Gasteiger partial charge in [-0.15, -0.1) is 5.10 Å². The quantitative estimate of drug-likeness (QED) is 0.849. The zero-order valence-corrected chi connectivity index (χ0v) is 12.1. The van der Waals surface area contributed by atoms with Gasteiger partial charge in [0, 0.05) is 11.4 Å². The van der Waals surface area contributed by atoms with Crippen molar-refractivity contribution in [1.29, 1.82) is 0 Å². The molecule has 0 saturated heterocycles. The summed E-state index contributed by atoms with van der Waals surface area (Å²) >= 11 is 4.57. The minimum absolute atomic E-state index is 0.0628. The van der Waals surface area contributed by atoms with E-state index in [0.717, 1.165) is 29.0 Å². The minimum Gasteiger partial charge on any atom is -0.348 e. The number of carbonyl (C=O) groups is 1. The van der Waals surface area contributed by atoms with E-state index in [1.807, 2.05) is 13.8 Å². The molecule has 0 saturated carbocycles. The van der Waals surface area contributed by atoms with Crippen LogP contribution >= 0.6 is 27.5 Å². The van der Waals surface area contributed by atoms with Crippen LogP contribution in [0.25, 0.3) is 0 Å². The van der Waals surface area contributed by atoms with Crippen LogP contribution in [0.4, 0.5) is 0 Å². The van der Waals surface area contributed by atoms with Crippen molar-refractivity contribution in [2.24, 2.45) is 5.92 Å². The van der Waals surface area contributed by atoms with Crippen LogP contribution in [-0.2, 0) is 6.42 Å². The molecule has 6 heteroatoms. The van der Waals surface area contributed by atoms with E-state index < -0.39 is 0 Å². The van der Waals surface area contributed by atoms with E-state index >= 15 is 0 Å². The molecule has 4 nitrogen and oxygen atoms in total. The number of carbonyl (C=O) groups excluding carboxylic acids is 1. The van der Waals surface area contributed by atoms with Crippen LogP contribution < -0.4 is 5.32 Å². The first kappa shape index (κ1) is 13.6. The van der Waals surface area contributed by atoms with Gasteiger partial charge in [0.1, 0.15) is 4.88 Å². The summed E-state index contributed by atoms with van der Waals surface area (Å²) in [5, 5.41) is 7.77. The molecule has 0 radical (unpaired) electrons. The molecule has 1 aromatic rings. The van der Waals surface area contributed by atoms with Crippen LogP contribution in [0.1, 0.15) is 36.1 Å². The van der Waals surface area contributed by atoms with Crippen molar-refractivity contribution in [2.75, 3.05) is 5.33 Å². The Morgan fingerprint density at radius 2 is 2.25 bits per heavy atom. The third-order valence-electron chi connectivity index (χ3n) is 2.55. The first-order valence-electron chi connectivity index (χ1n) is 5.28. The van der Waals surface area contributed by atoms with Crippen molar-refractivity contribution >= 4 is 33.4 Å². The SMILES string of the molecule is CCc1nnsc1C(=O)NC(C)C(C)CBr. The van der Waals surface area contributed by atoms with Gasteiger partial charge in [0.15, 0.2) is 0 Å². The first-order valence-corrected chi connectivity index (χ1v) is 7.17. The third-order valence-corrected chi connectivity index (χ3v) is 4.34. The van der Waals surface area contributed by atoms with Crippen molar-refractivity contribution in [3.8, 4) is 0 Å². The van der Waals surface area contributed by atoms with Gasteiger partial charge in [-0.05, 0) is 30.8 Å². The number of rotatable bonds is 5. The Balaban J connectivity index is 2.65. The van der Waals surface area contributed by atoms with Gasteiger partial charge in [-0.2, -0.15) is 0 Å². The van der Waals surface area contributed by atoms with Gasteiger partial charge in [-0.25, -0.2) is 0 Å². The fraction of sp³-hybridized carbons (Fsp3) is 0.700. The van der Waals surface area contributed by atoms with Crippen LogP contribution in [0, 0.1) is 5.92 Å². The second-order valence-corrected chi connectivity index (χ2v) is 5.20. The molecule has 0 bridgehead atoms. The van der Waals surface area contributed by atoms with Gasteiger partial charge in [-0.3, -0.25) is 4.79 Å². The first-order chi connectivity index (χ1) is 7.60. The topological polar surface area (TPSA) is 54.9 Å². The molecule has 1 amide bonds. The van der Waals surface area contributed by atoms with Crippen LogP contribution in [0.3, 0.4) is 0 Å². The number of nitrogens with one attached hydrogen (secondary N) is 1. The fourth-order valence-corrected chi connectivity index (χ4v) is 2.37. The number of halogens is 1. The molecular weight excluding hydrogens is 290 g/mol. The maximum Gasteiger partial charge on any atom is 0.265 e. The maximum atomic E-state index is 11.9. The summed E-state index contributed by atoms with van der Waals surface area (Å²) in [6.07, 6.45) is 0.738. The molecule has 1 aromatic heterocycles. The molecule has 0 aliphatic heterocycles. The highest BCUT2D eigenvalue weighted by Crippen LogP contribution is 2.13. The highest BCUT2D eigenvalue weighted by molar-refractivity contribution is 9.09. The van der Waals surface area contributed by atoms with Gasteiger partial charge in [0.25, 0.3) is 5.91 Å². The summed E-state index contributed by atoms with van der Waals surface area (Å²) in [6, 6.07) is 0.138. The molecule has 0 aliphatic carbocycles. The van der Waals surface area contributed by atoms with Gasteiger partial charge >= 0.3 is 0 Å². The summed E-state index contributed by atoms with van der Waals surface area (Å²) < 4.78 is 3.81. The molecule has 2 unspecified atom stereocenters. The number of amides is 1. The molecule has 90 valence electrons. The van der Waals surface area contributed by atoms with Crippen LogP contribution in [0.15, 0.2) is 0 Å². The Bertz CT molecular complexity index is 356. The van der Waals surface area contributed by atoms with Crippen LogP contribution in [-0.4, -0.2) is 26.9 Å². The summed E-state index contributed by atoms with van der Waals surface area (Å²) in [6.45, 7) is 6.06. The van der Waals surface area contributed by atoms with Gasteiger partial charge in [-0.1, -0.05) is 34.3 Å². The monoisotopic (exact) mass is 305 g/mol. The van der Waals surface area contributed by atoms with Crippen molar-refractivity contribution in [3.05, 3.63) is 10.6 Å². The number of aromatic nitrogens is 2. The summed E-state index contributed by atoms with van der Waals surface area (Å²) in [5.41, 5.74) is 0.779. The molecule has 0 fully saturated rings. The number of alkyl halides is 1. The standard InChI is InChI=1S/C10H16BrN3OS/c1-4-8-9(16-14-13-8)10(15)12-7(3)6(2)5-11/h6-7H,4-5H2,1-3H3,(H,12,15). The Labute approximate surface area is 108 Å². The smallest absolute Gasteiger partial charge is 0.265 e. The summed E-state index contributed by atoms with van der Waals surface area (Å²) in [4.78, 5) is 12.6. The fourth-order valence-electron chi connectivity index (χ4n) is 1.16. The second kappa shape index (κ2) is 6.30. The largest absolute Gasteiger partial charge is 0.348 e. The van der Waals surface area contributed by atoms with E-state index in [-0.39, 0.29) is 11.9 Å². The molecule has 0 aromatic carbocycles. The number of hydrogen-bond acceptors (Lipinski definition) is 4. The molecule has 1 N–H and O–H groups in total. The van der Waals surface area contributed by atoms with Crippen LogP contribution in [0.5, 0.6) is 0 Å². The molecular formula is C10H16BrN3OS. The molecule has 1 heterocycles. The zero-order valence-electron chi connectivity index (χ0n) is 9.66. The lowest BCUT2D eigenvalue weighted by Gasteiger charge is -2.18. The van der Waals surface area contributed by atoms with E-state index in [9.17, 15) is 4.79 Å². The van der Waals surface area contributed by atoms with Crippen molar-refractivity contribution in [1.82, 2.24) is 14.9 Å². The van der Waals surface area contributed by atoms with E-state index in [4.69, 9.17) is 0 Å². The van der Waals surface area contributed by atoms with Crippen molar-refractivity contribution in [3.63, 3.8) is 0 Å². The normalized spacial score (nSPS) is 14.5. The lowest BCUT2D eigenvalue weighted by Crippen LogP contribution is -2.37. The molecule has 0 aliphatic rings. The minimum atomic E-state index is -0.0628. The number of aryl methyl sites for hydroxylation is 1. The van der Waals surface area contributed by atoms with Gasteiger partial charge in [0.2, 0.25) is 0 Å². The summed E-state index contributed by atoms with van der Waals surface area (Å²) in [5.74, 6) is 0.335. The average Bonchev–Trinajstić information content (AvgIpc) is 2.75. The Hall–Kier alpha value is -0.490. The molecule has 0 spiro atoms. The predicted octanol–water partition coefficient (Wildman–Crippen LogP) is 2.25. The van der Waals surface area contributed by atoms with Gasteiger partial charge in [0.05, 0.1) is 5.69 Å². The molecule has 1 rings (SSSR count). The lowest BCUT2D eigenvalue weighted by atomic mass is 10.1. The Morgan fingerprint density at radius 3 is 2.81 bits per heavy atom. The van der Waals surface area contributed by atoms with E-state index in [1.165, 1.54) is 0 Å². The maximum absolute atomic E-state index is 11.9. The lowest BCUT2D eigenvalue weighted by molar-refractivity contribution is 0.0934. The predicted molar refractivity (Wildman–Crippen MR) is 69.2 cm³/mol. The number of hydrogen-bond donors (Lipinski definition) is 1. The highest BCUT2D eigenvalue weighted by Gasteiger charge is 2.19.